The lowest BCUT2D eigenvalue weighted by Crippen LogP contribution is -2.51. The molecule has 2 fully saturated rings. The summed E-state index contributed by atoms with van der Waals surface area (Å²) in [6.07, 6.45) is 3.41. The van der Waals surface area contributed by atoms with Crippen LogP contribution in [0.5, 0.6) is 5.75 Å². The van der Waals surface area contributed by atoms with Gasteiger partial charge < -0.3 is 29.7 Å². The number of anilines is 1. The SMILES string of the molecule is COc1ccc(C(C)(C)C)cc1CN[C@H]1[C@H](C(C)(C)C)[C@@H](C(=O)O)N(C(=O)[C@@H]2CCCCO2)[C@H]1c1cccnc1N(C)C. The van der Waals surface area contributed by atoms with E-state index in [1.807, 2.05) is 37.2 Å². The molecule has 1 aromatic heterocycles. The van der Waals surface area contributed by atoms with Gasteiger partial charge in [0.05, 0.1) is 13.2 Å². The van der Waals surface area contributed by atoms with Gasteiger partial charge >= 0.3 is 5.97 Å². The van der Waals surface area contributed by atoms with Crippen LogP contribution in [0.25, 0.3) is 0 Å². The van der Waals surface area contributed by atoms with Crippen molar-refractivity contribution in [1.29, 1.82) is 0 Å². The highest BCUT2D eigenvalue weighted by atomic mass is 16.5. The average Bonchev–Trinajstić information content (AvgIpc) is 3.31. The van der Waals surface area contributed by atoms with Crippen LogP contribution in [0.2, 0.25) is 0 Å². The summed E-state index contributed by atoms with van der Waals surface area (Å²) in [7, 11) is 5.49. The van der Waals surface area contributed by atoms with Crippen molar-refractivity contribution < 1.29 is 24.2 Å². The van der Waals surface area contributed by atoms with Gasteiger partial charge in [0.2, 0.25) is 0 Å². The molecule has 3 heterocycles. The summed E-state index contributed by atoms with van der Waals surface area (Å²) in [5.74, 6) is -0.240. The minimum atomic E-state index is -1.06. The molecule has 0 bridgehead atoms. The minimum absolute atomic E-state index is 0.0567. The molecule has 43 heavy (non-hydrogen) atoms. The number of rotatable bonds is 8. The molecule has 2 N–H and O–H groups in total. The minimum Gasteiger partial charge on any atom is -0.496 e. The number of aliphatic carboxylic acids is 1. The van der Waals surface area contributed by atoms with E-state index in [9.17, 15) is 14.7 Å². The van der Waals surface area contributed by atoms with Crippen LogP contribution in [0.3, 0.4) is 0 Å². The number of methoxy groups -OCH3 is 1. The third-order valence-electron chi connectivity index (χ3n) is 8.86. The number of carbonyl (C=O) groups excluding carboxylic acids is 1. The quantitative estimate of drug-likeness (QED) is 0.431. The van der Waals surface area contributed by atoms with E-state index < -0.39 is 41.5 Å². The molecule has 9 nitrogen and oxygen atoms in total. The van der Waals surface area contributed by atoms with Gasteiger partial charge in [-0.25, -0.2) is 9.78 Å². The largest absolute Gasteiger partial charge is 0.496 e. The highest BCUT2D eigenvalue weighted by molar-refractivity contribution is 5.88. The molecule has 2 aliphatic rings. The fourth-order valence-electron chi connectivity index (χ4n) is 6.78. The fraction of sp³-hybridized carbons (Fsp3) is 0.618. The van der Waals surface area contributed by atoms with Crippen LogP contribution in [-0.4, -0.2) is 72.9 Å². The number of hydrogen-bond donors (Lipinski definition) is 2. The Kier molecular flexibility index (Phi) is 9.76. The molecule has 0 aliphatic carbocycles. The van der Waals surface area contributed by atoms with Gasteiger partial charge in [0, 0.05) is 56.5 Å². The lowest BCUT2D eigenvalue weighted by Gasteiger charge is -2.36. The molecule has 1 aromatic carbocycles. The molecule has 0 radical (unpaired) electrons. The van der Waals surface area contributed by atoms with Crippen molar-refractivity contribution in [3.05, 3.63) is 53.2 Å². The first-order chi connectivity index (χ1) is 20.2. The van der Waals surface area contributed by atoms with Crippen LogP contribution < -0.4 is 15.0 Å². The van der Waals surface area contributed by atoms with E-state index in [2.05, 4.69) is 64.0 Å². The summed E-state index contributed by atoms with van der Waals surface area (Å²) < 4.78 is 11.7. The molecule has 1 amide bonds. The number of benzene rings is 1. The van der Waals surface area contributed by atoms with Crippen molar-refractivity contribution in [2.75, 3.05) is 32.7 Å². The maximum absolute atomic E-state index is 14.4. The summed E-state index contributed by atoms with van der Waals surface area (Å²) in [6, 6.07) is 8.01. The van der Waals surface area contributed by atoms with E-state index in [4.69, 9.17) is 9.47 Å². The highest BCUT2D eigenvalue weighted by Gasteiger charge is 2.59. The van der Waals surface area contributed by atoms with Gasteiger partial charge in [0.25, 0.3) is 5.91 Å². The molecule has 0 unspecified atom stereocenters. The molecule has 9 heteroatoms. The van der Waals surface area contributed by atoms with Crippen LogP contribution in [0, 0.1) is 11.3 Å². The smallest absolute Gasteiger partial charge is 0.326 e. The number of amides is 1. The van der Waals surface area contributed by atoms with Crippen LogP contribution in [0.1, 0.15) is 83.5 Å². The first kappa shape index (κ1) is 32.7. The maximum atomic E-state index is 14.4. The van der Waals surface area contributed by atoms with Crippen LogP contribution >= 0.6 is 0 Å². The number of pyridine rings is 1. The van der Waals surface area contributed by atoms with E-state index in [0.29, 0.717) is 25.4 Å². The highest BCUT2D eigenvalue weighted by Crippen LogP contribution is 2.50. The summed E-state index contributed by atoms with van der Waals surface area (Å²) >= 11 is 0. The second-order valence-corrected chi connectivity index (χ2v) is 14.2. The topological polar surface area (TPSA) is 104 Å². The van der Waals surface area contributed by atoms with E-state index in [1.165, 1.54) is 5.56 Å². The molecule has 5 atom stereocenters. The monoisotopic (exact) mass is 594 g/mol. The van der Waals surface area contributed by atoms with Crippen molar-refractivity contribution in [3.63, 3.8) is 0 Å². The molecule has 4 rings (SSSR count). The first-order valence-electron chi connectivity index (χ1n) is 15.4. The summed E-state index contributed by atoms with van der Waals surface area (Å²) in [4.78, 5) is 35.8. The van der Waals surface area contributed by atoms with Gasteiger partial charge in [-0.15, -0.1) is 0 Å². The average molecular weight is 595 g/mol. The van der Waals surface area contributed by atoms with Gasteiger partial charge in [0.15, 0.2) is 0 Å². The van der Waals surface area contributed by atoms with Crippen molar-refractivity contribution in [2.45, 2.75) is 97.0 Å². The standard InChI is InChI=1S/C34H50N4O5/c1-33(2,3)22-15-16-24(42-9)21(19-22)20-36-27-26(34(4,5)6)29(32(40)41)38(31(39)25-14-10-11-18-43-25)28(27)23-13-12-17-35-30(23)37(7)8/h12-13,15-17,19,25-29,36H,10-11,14,18,20H2,1-9H3,(H,40,41)/t25-,26-,27-,28-,29-/m0/s1. The Morgan fingerprint density at radius 1 is 1.14 bits per heavy atom. The van der Waals surface area contributed by atoms with Gasteiger partial charge in [-0.05, 0) is 47.8 Å². The number of carbonyl (C=O) groups is 2. The van der Waals surface area contributed by atoms with E-state index in [0.717, 1.165) is 29.7 Å². The van der Waals surface area contributed by atoms with Gasteiger partial charge in [-0.3, -0.25) is 4.79 Å². The third kappa shape index (κ3) is 6.83. The Morgan fingerprint density at radius 3 is 2.42 bits per heavy atom. The van der Waals surface area contributed by atoms with Crippen molar-refractivity contribution in [2.24, 2.45) is 11.3 Å². The zero-order valence-electron chi connectivity index (χ0n) is 27.3. The Labute approximate surface area is 257 Å². The number of carboxylic acid groups (broad SMARTS) is 1. The second-order valence-electron chi connectivity index (χ2n) is 14.2. The van der Waals surface area contributed by atoms with Crippen molar-refractivity contribution >= 4 is 17.7 Å². The molecule has 0 spiro atoms. The first-order valence-corrected chi connectivity index (χ1v) is 15.4. The number of hydrogen-bond acceptors (Lipinski definition) is 7. The van der Waals surface area contributed by atoms with Gasteiger partial charge in [-0.1, -0.05) is 59.7 Å². The van der Waals surface area contributed by atoms with Crippen molar-refractivity contribution in [3.8, 4) is 5.75 Å². The summed E-state index contributed by atoms with van der Waals surface area (Å²) in [5, 5.41) is 14.6. The summed E-state index contributed by atoms with van der Waals surface area (Å²) in [5.41, 5.74) is 2.45. The van der Waals surface area contributed by atoms with E-state index in [1.54, 1.807) is 18.2 Å². The Morgan fingerprint density at radius 2 is 1.86 bits per heavy atom. The number of ether oxygens (including phenoxy) is 2. The number of nitrogens with zero attached hydrogens (tertiary/aromatic N) is 3. The molecule has 236 valence electrons. The van der Waals surface area contributed by atoms with Crippen molar-refractivity contribution in [1.82, 2.24) is 15.2 Å². The van der Waals surface area contributed by atoms with Crippen LogP contribution in [-0.2, 0) is 26.3 Å². The van der Waals surface area contributed by atoms with E-state index >= 15 is 0 Å². The fourth-order valence-corrected chi connectivity index (χ4v) is 6.78. The maximum Gasteiger partial charge on any atom is 0.326 e. The predicted octanol–water partition coefficient (Wildman–Crippen LogP) is 5.18. The zero-order valence-corrected chi connectivity index (χ0v) is 27.3. The summed E-state index contributed by atoms with van der Waals surface area (Å²) in [6.45, 7) is 13.6. The lowest BCUT2D eigenvalue weighted by atomic mass is 9.72. The van der Waals surface area contributed by atoms with Gasteiger partial charge in [-0.2, -0.15) is 0 Å². The van der Waals surface area contributed by atoms with Crippen LogP contribution in [0.4, 0.5) is 5.82 Å². The Balaban J connectivity index is 1.89. The molecule has 0 saturated carbocycles. The Bertz CT molecular complexity index is 1290. The third-order valence-corrected chi connectivity index (χ3v) is 8.86. The molecule has 2 saturated heterocycles. The molecule has 2 aromatic rings. The molecule has 2 aliphatic heterocycles. The number of carboxylic acids is 1. The zero-order chi connectivity index (χ0) is 31.7. The number of nitrogens with one attached hydrogen (secondary N) is 1. The molecular weight excluding hydrogens is 544 g/mol. The normalized spacial score (nSPS) is 24.6. The molecular formula is C34H50N4O5. The van der Waals surface area contributed by atoms with Gasteiger partial charge in [0.1, 0.15) is 23.7 Å². The second kappa shape index (κ2) is 12.8. The Hall–Kier alpha value is -3.17. The predicted molar refractivity (Wildman–Crippen MR) is 168 cm³/mol. The van der Waals surface area contributed by atoms with Crippen LogP contribution in [0.15, 0.2) is 36.5 Å². The van der Waals surface area contributed by atoms with E-state index in [-0.39, 0.29) is 11.3 Å². The lowest BCUT2D eigenvalue weighted by molar-refractivity contribution is -0.159. The number of aromatic nitrogens is 1. The number of likely N-dealkylation sites (tertiary alicyclic amines) is 1.